The molecule has 0 atom stereocenters. The molecule has 3 aromatic heterocycles. The lowest BCUT2D eigenvalue weighted by Gasteiger charge is -2.26. The van der Waals surface area contributed by atoms with Gasteiger partial charge in [-0.2, -0.15) is 9.61 Å². The molecule has 0 bridgehead atoms. The Morgan fingerprint density at radius 2 is 1.92 bits per heavy atom. The number of carboxylic acids is 1. The summed E-state index contributed by atoms with van der Waals surface area (Å²) in [5, 5.41) is 13.8. The van der Waals surface area contributed by atoms with Gasteiger partial charge in [0.1, 0.15) is 11.6 Å². The first-order valence-electron chi connectivity index (χ1n) is 12.1. The zero-order valence-electron chi connectivity index (χ0n) is 20.2. The first-order valence-corrected chi connectivity index (χ1v) is 12.9. The number of carbonyl (C=O) groups is 1. The molecule has 0 spiro atoms. The largest absolute Gasteiger partial charge is 0.496 e. The van der Waals surface area contributed by atoms with Crippen molar-refractivity contribution in [1.29, 1.82) is 0 Å². The molecule has 1 aliphatic rings. The van der Waals surface area contributed by atoms with Gasteiger partial charge in [-0.25, -0.2) is 4.98 Å². The summed E-state index contributed by atoms with van der Waals surface area (Å²) in [5.41, 5.74) is 12.7. The molecule has 36 heavy (non-hydrogen) atoms. The Morgan fingerprint density at radius 1 is 1.17 bits per heavy atom. The van der Waals surface area contributed by atoms with Crippen LogP contribution in [0.15, 0.2) is 47.2 Å². The van der Waals surface area contributed by atoms with E-state index >= 15 is 0 Å². The number of ether oxygens (including phenoxy) is 1. The number of nitrogens with two attached hydrogens (primary N) is 1. The maximum atomic E-state index is 11.4. The second-order valence-corrected chi connectivity index (χ2v) is 9.98. The van der Waals surface area contributed by atoms with Crippen LogP contribution < -0.4 is 10.5 Å². The number of carboxylic acid groups (broad SMARTS) is 1. The molecule has 186 valence electrons. The molecular formula is C27H28BrN5O3. The number of fused-ring (bicyclic) bond motifs is 1. The topological polar surface area (TPSA) is 116 Å². The average molecular weight is 550 g/mol. The van der Waals surface area contributed by atoms with Crippen molar-refractivity contribution in [2.24, 2.45) is 5.92 Å². The molecule has 0 aliphatic heterocycles. The number of aryl methyl sites for hydroxylation is 1. The van der Waals surface area contributed by atoms with Gasteiger partial charge in [-0.1, -0.05) is 13.0 Å². The van der Waals surface area contributed by atoms with Crippen LogP contribution in [0.1, 0.15) is 49.8 Å². The number of hydrogen-bond donors (Lipinski definition) is 2. The van der Waals surface area contributed by atoms with Crippen molar-refractivity contribution in [1.82, 2.24) is 19.6 Å². The number of nitrogens with zero attached hydrogens (tertiary/aromatic N) is 4. The van der Waals surface area contributed by atoms with Crippen LogP contribution in [-0.2, 0) is 11.2 Å². The number of halogens is 1. The number of pyridine rings is 1. The van der Waals surface area contributed by atoms with Gasteiger partial charge >= 0.3 is 5.97 Å². The van der Waals surface area contributed by atoms with E-state index in [9.17, 15) is 9.90 Å². The Kier molecular flexibility index (Phi) is 6.66. The first kappa shape index (κ1) is 24.2. The van der Waals surface area contributed by atoms with Gasteiger partial charge in [0.25, 0.3) is 0 Å². The van der Waals surface area contributed by atoms with Crippen LogP contribution >= 0.6 is 15.9 Å². The summed E-state index contributed by atoms with van der Waals surface area (Å²) in [6.45, 7) is 2.10. The molecule has 5 rings (SSSR count). The Labute approximate surface area is 217 Å². The van der Waals surface area contributed by atoms with Crippen LogP contribution in [0.2, 0.25) is 0 Å². The van der Waals surface area contributed by atoms with Crippen LogP contribution in [0, 0.1) is 5.92 Å². The Hall–Kier alpha value is -3.46. The fourth-order valence-electron chi connectivity index (χ4n) is 5.04. The first-order chi connectivity index (χ1) is 17.4. The van der Waals surface area contributed by atoms with Crippen molar-refractivity contribution < 1.29 is 14.6 Å². The molecule has 4 aromatic rings. The van der Waals surface area contributed by atoms with E-state index in [0.29, 0.717) is 24.3 Å². The fraction of sp³-hybridized carbons (Fsp3) is 0.333. The third-order valence-electron chi connectivity index (χ3n) is 7.14. The second kappa shape index (κ2) is 9.89. The number of rotatable bonds is 6. The van der Waals surface area contributed by atoms with Crippen molar-refractivity contribution >= 4 is 33.4 Å². The summed E-state index contributed by atoms with van der Waals surface area (Å²) in [4.78, 5) is 21.1. The molecule has 1 fully saturated rings. The van der Waals surface area contributed by atoms with Crippen LogP contribution in [0.25, 0.3) is 28.0 Å². The molecule has 1 aromatic carbocycles. The molecule has 3 heterocycles. The molecule has 9 heteroatoms. The third kappa shape index (κ3) is 4.32. The predicted octanol–water partition coefficient (Wildman–Crippen LogP) is 5.73. The molecule has 1 saturated carbocycles. The Bertz CT molecular complexity index is 1430. The van der Waals surface area contributed by atoms with Gasteiger partial charge in [-0.05, 0) is 77.9 Å². The summed E-state index contributed by atoms with van der Waals surface area (Å²) in [5.74, 6) is 0.511. The predicted molar refractivity (Wildman–Crippen MR) is 142 cm³/mol. The van der Waals surface area contributed by atoms with E-state index in [0.717, 1.165) is 63.1 Å². The number of benzene rings is 1. The van der Waals surface area contributed by atoms with Crippen LogP contribution in [0.3, 0.4) is 0 Å². The molecule has 0 saturated heterocycles. The van der Waals surface area contributed by atoms with E-state index in [4.69, 9.17) is 20.4 Å². The fourth-order valence-corrected chi connectivity index (χ4v) is 5.62. The second-order valence-electron chi connectivity index (χ2n) is 9.19. The highest BCUT2D eigenvalue weighted by molar-refractivity contribution is 9.10. The Morgan fingerprint density at radius 3 is 2.56 bits per heavy atom. The monoisotopic (exact) mass is 549 g/mol. The number of methoxy groups -OCH3 is 1. The molecule has 3 N–H and O–H groups in total. The third-order valence-corrected chi connectivity index (χ3v) is 7.96. The highest BCUT2D eigenvalue weighted by atomic mass is 79.9. The highest BCUT2D eigenvalue weighted by Gasteiger charge is 2.30. The molecule has 0 amide bonds. The quantitative estimate of drug-likeness (QED) is 0.315. The SMILES string of the molecule is CCc1cc(-c2ccc(-c3cnn4c(N)c(Br)c([C@H]5CC[C@H](C(=O)O)CC5)nc34)cn2)ccc1OC. The smallest absolute Gasteiger partial charge is 0.306 e. The summed E-state index contributed by atoms with van der Waals surface area (Å²) in [7, 11) is 1.68. The molecule has 1 aliphatic carbocycles. The Balaban J connectivity index is 1.48. The summed E-state index contributed by atoms with van der Waals surface area (Å²) < 4.78 is 7.81. The lowest BCUT2D eigenvalue weighted by Crippen LogP contribution is -2.21. The molecular weight excluding hydrogens is 522 g/mol. The molecule has 0 unspecified atom stereocenters. The van der Waals surface area contributed by atoms with Gasteiger partial charge in [0, 0.05) is 28.8 Å². The van der Waals surface area contributed by atoms with E-state index in [-0.39, 0.29) is 11.8 Å². The number of anilines is 1. The lowest BCUT2D eigenvalue weighted by atomic mass is 9.80. The number of aliphatic carboxylic acids is 1. The summed E-state index contributed by atoms with van der Waals surface area (Å²) in [6.07, 6.45) is 7.28. The zero-order chi connectivity index (χ0) is 25.4. The van der Waals surface area contributed by atoms with E-state index in [1.165, 1.54) is 0 Å². The van der Waals surface area contributed by atoms with Crippen molar-refractivity contribution in [3.05, 3.63) is 58.5 Å². The maximum absolute atomic E-state index is 11.4. The standard InChI is InChI=1S/C27H28BrN5O3/c1-3-15-12-18(9-11-22(15)36-2)21-10-8-19(13-30-21)20-14-31-33-25(29)23(28)24(32-26(20)33)16-4-6-17(7-5-16)27(34)35/h8-14,16-17H,3-7,29H2,1-2H3,(H,34,35)/t16-,17-. The van der Waals surface area contributed by atoms with Crippen molar-refractivity contribution in [3.8, 4) is 28.1 Å². The van der Waals surface area contributed by atoms with Crippen LogP contribution in [-0.4, -0.2) is 37.8 Å². The van der Waals surface area contributed by atoms with Crippen molar-refractivity contribution in [2.45, 2.75) is 44.9 Å². The van der Waals surface area contributed by atoms with Crippen LogP contribution in [0.4, 0.5) is 5.82 Å². The minimum atomic E-state index is -0.718. The molecule has 0 radical (unpaired) electrons. The van der Waals surface area contributed by atoms with Crippen LogP contribution in [0.5, 0.6) is 5.75 Å². The van der Waals surface area contributed by atoms with Crippen molar-refractivity contribution in [3.63, 3.8) is 0 Å². The van der Waals surface area contributed by atoms with Gasteiger partial charge in [0.2, 0.25) is 0 Å². The minimum Gasteiger partial charge on any atom is -0.496 e. The van der Waals surface area contributed by atoms with Gasteiger partial charge in [-0.15, -0.1) is 0 Å². The lowest BCUT2D eigenvalue weighted by molar-refractivity contribution is -0.142. The maximum Gasteiger partial charge on any atom is 0.306 e. The number of nitrogen functional groups attached to an aromatic ring is 1. The van der Waals surface area contributed by atoms with Crippen molar-refractivity contribution in [2.75, 3.05) is 12.8 Å². The van der Waals surface area contributed by atoms with E-state index in [1.807, 2.05) is 30.5 Å². The number of aromatic nitrogens is 4. The molecule has 8 nitrogen and oxygen atoms in total. The number of hydrogen-bond acceptors (Lipinski definition) is 6. The summed E-state index contributed by atoms with van der Waals surface area (Å²) in [6, 6.07) is 10.1. The average Bonchev–Trinajstić information content (AvgIpc) is 3.34. The van der Waals surface area contributed by atoms with E-state index in [2.05, 4.69) is 34.0 Å². The van der Waals surface area contributed by atoms with Gasteiger partial charge in [-0.3, -0.25) is 9.78 Å². The van der Waals surface area contributed by atoms with Gasteiger partial charge in [0.05, 0.1) is 35.1 Å². The summed E-state index contributed by atoms with van der Waals surface area (Å²) >= 11 is 3.62. The van der Waals surface area contributed by atoms with Gasteiger partial charge < -0.3 is 15.6 Å². The minimum absolute atomic E-state index is 0.147. The van der Waals surface area contributed by atoms with Gasteiger partial charge in [0.15, 0.2) is 5.65 Å². The highest BCUT2D eigenvalue weighted by Crippen LogP contribution is 2.40. The zero-order valence-corrected chi connectivity index (χ0v) is 21.8. The normalized spacial score (nSPS) is 17.9. The van der Waals surface area contributed by atoms with E-state index in [1.54, 1.807) is 17.8 Å². The van der Waals surface area contributed by atoms with E-state index < -0.39 is 5.97 Å².